The number of hydrogen-bond donors (Lipinski definition) is 1. The second-order valence-electron chi connectivity index (χ2n) is 5.83. The molecule has 1 amide bonds. The normalized spacial score (nSPS) is 16.5. The monoisotopic (exact) mass is 354 g/mol. The molecule has 0 aliphatic carbocycles. The van der Waals surface area contributed by atoms with Crippen molar-refractivity contribution < 1.29 is 4.79 Å². The lowest BCUT2D eigenvalue weighted by atomic mass is 10.2. The van der Waals surface area contributed by atoms with Gasteiger partial charge in [0.05, 0.1) is 18.8 Å². The van der Waals surface area contributed by atoms with E-state index in [9.17, 15) is 4.79 Å². The number of thiophene rings is 1. The molecule has 0 fully saturated rings. The molecule has 0 unspecified atom stereocenters. The van der Waals surface area contributed by atoms with Crippen molar-refractivity contribution in [2.75, 3.05) is 18.0 Å². The number of nitrogens with one attached hydrogen (secondary N) is 1. The third-order valence-corrected chi connectivity index (χ3v) is 5.12. The van der Waals surface area contributed by atoms with Gasteiger partial charge in [0.2, 0.25) is 11.9 Å². The van der Waals surface area contributed by atoms with E-state index in [4.69, 9.17) is 0 Å². The van der Waals surface area contributed by atoms with Crippen molar-refractivity contribution in [2.45, 2.75) is 19.0 Å². The van der Waals surface area contributed by atoms with Crippen molar-refractivity contribution in [2.24, 2.45) is 0 Å². The van der Waals surface area contributed by atoms with Crippen LogP contribution in [0.3, 0.4) is 0 Å². The SMILES string of the molecule is O=C(NCCc1cccs1)[C@H]1CN(c2ncccn2)Cc2ccnn21. The van der Waals surface area contributed by atoms with Crippen LogP contribution in [0.4, 0.5) is 5.95 Å². The molecule has 0 radical (unpaired) electrons. The maximum Gasteiger partial charge on any atom is 0.246 e. The molecular formula is C17H18N6OS. The first-order valence-electron chi connectivity index (χ1n) is 8.16. The number of anilines is 1. The Kier molecular flexibility index (Phi) is 4.43. The number of carbonyl (C=O) groups is 1. The Morgan fingerprint density at radius 2 is 2.12 bits per heavy atom. The largest absolute Gasteiger partial charge is 0.354 e. The van der Waals surface area contributed by atoms with Gasteiger partial charge in [0.25, 0.3) is 0 Å². The van der Waals surface area contributed by atoms with E-state index in [0.29, 0.717) is 25.6 Å². The van der Waals surface area contributed by atoms with Crippen LogP contribution in [0.25, 0.3) is 0 Å². The first-order chi connectivity index (χ1) is 12.3. The summed E-state index contributed by atoms with van der Waals surface area (Å²) in [5.41, 5.74) is 0.983. The van der Waals surface area contributed by atoms with E-state index in [1.807, 2.05) is 22.4 Å². The van der Waals surface area contributed by atoms with Gasteiger partial charge < -0.3 is 10.2 Å². The van der Waals surface area contributed by atoms with Crippen LogP contribution < -0.4 is 10.2 Å². The van der Waals surface area contributed by atoms with Gasteiger partial charge in [-0.2, -0.15) is 5.10 Å². The summed E-state index contributed by atoms with van der Waals surface area (Å²) in [7, 11) is 0. The maximum absolute atomic E-state index is 12.7. The molecule has 4 heterocycles. The molecular weight excluding hydrogens is 336 g/mol. The Bertz CT molecular complexity index is 832. The molecule has 25 heavy (non-hydrogen) atoms. The highest BCUT2D eigenvalue weighted by Crippen LogP contribution is 2.23. The summed E-state index contributed by atoms with van der Waals surface area (Å²) in [5.74, 6) is 0.605. The maximum atomic E-state index is 12.7. The highest BCUT2D eigenvalue weighted by atomic mass is 32.1. The third kappa shape index (κ3) is 3.39. The lowest BCUT2D eigenvalue weighted by molar-refractivity contribution is -0.124. The van der Waals surface area contributed by atoms with E-state index >= 15 is 0 Å². The zero-order valence-electron chi connectivity index (χ0n) is 13.6. The highest BCUT2D eigenvalue weighted by Gasteiger charge is 2.31. The van der Waals surface area contributed by atoms with Crippen LogP contribution in [0.15, 0.2) is 48.2 Å². The fourth-order valence-electron chi connectivity index (χ4n) is 2.98. The van der Waals surface area contributed by atoms with Gasteiger partial charge in [-0.25, -0.2) is 9.97 Å². The summed E-state index contributed by atoms with van der Waals surface area (Å²) in [6, 6.07) is 7.44. The van der Waals surface area contributed by atoms with E-state index in [0.717, 1.165) is 12.1 Å². The summed E-state index contributed by atoms with van der Waals surface area (Å²) in [4.78, 5) is 24.6. The Hall–Kier alpha value is -2.74. The van der Waals surface area contributed by atoms with Crippen molar-refractivity contribution in [3.8, 4) is 0 Å². The Labute approximate surface area is 149 Å². The van der Waals surface area contributed by atoms with Crippen LogP contribution in [0, 0.1) is 0 Å². The Morgan fingerprint density at radius 3 is 2.92 bits per heavy atom. The lowest BCUT2D eigenvalue weighted by Crippen LogP contribution is -2.46. The van der Waals surface area contributed by atoms with E-state index in [1.54, 1.807) is 40.7 Å². The summed E-state index contributed by atoms with van der Waals surface area (Å²) in [5, 5.41) is 9.42. The van der Waals surface area contributed by atoms with Gasteiger partial charge in [0.15, 0.2) is 0 Å². The number of aromatic nitrogens is 4. The van der Waals surface area contributed by atoms with Crippen LogP contribution in [0.5, 0.6) is 0 Å². The molecule has 0 saturated heterocycles. The van der Waals surface area contributed by atoms with Crippen LogP contribution in [0.2, 0.25) is 0 Å². The van der Waals surface area contributed by atoms with Gasteiger partial charge in [-0.3, -0.25) is 9.48 Å². The number of nitrogens with zero attached hydrogens (tertiary/aromatic N) is 5. The average Bonchev–Trinajstić information content (AvgIpc) is 3.33. The molecule has 0 bridgehead atoms. The minimum Gasteiger partial charge on any atom is -0.354 e. The molecule has 7 nitrogen and oxygen atoms in total. The third-order valence-electron chi connectivity index (χ3n) is 4.18. The molecule has 0 aromatic carbocycles. The number of rotatable bonds is 5. The summed E-state index contributed by atoms with van der Waals surface area (Å²) in [6.07, 6.45) is 6.00. The van der Waals surface area contributed by atoms with Gasteiger partial charge in [0, 0.05) is 30.0 Å². The van der Waals surface area contributed by atoms with Gasteiger partial charge >= 0.3 is 0 Å². The summed E-state index contributed by atoms with van der Waals surface area (Å²) in [6.45, 7) is 1.76. The van der Waals surface area contributed by atoms with Crippen molar-refractivity contribution in [1.29, 1.82) is 0 Å². The Morgan fingerprint density at radius 1 is 1.24 bits per heavy atom. The van der Waals surface area contributed by atoms with Crippen molar-refractivity contribution >= 4 is 23.2 Å². The number of hydrogen-bond acceptors (Lipinski definition) is 6. The van der Waals surface area contributed by atoms with Gasteiger partial charge in [-0.1, -0.05) is 6.07 Å². The predicted molar refractivity (Wildman–Crippen MR) is 95.4 cm³/mol. The second kappa shape index (κ2) is 7.02. The van der Waals surface area contributed by atoms with Gasteiger partial charge in [-0.15, -0.1) is 11.3 Å². The van der Waals surface area contributed by atoms with E-state index in [1.165, 1.54) is 4.88 Å². The molecule has 128 valence electrons. The van der Waals surface area contributed by atoms with Crippen LogP contribution in [-0.4, -0.2) is 38.7 Å². The van der Waals surface area contributed by atoms with Crippen molar-refractivity contribution in [1.82, 2.24) is 25.1 Å². The van der Waals surface area contributed by atoms with Crippen LogP contribution in [-0.2, 0) is 17.8 Å². The molecule has 1 atom stereocenters. The van der Waals surface area contributed by atoms with Gasteiger partial charge in [-0.05, 0) is 30.0 Å². The van der Waals surface area contributed by atoms with Gasteiger partial charge in [0.1, 0.15) is 6.04 Å². The zero-order valence-corrected chi connectivity index (χ0v) is 14.4. The summed E-state index contributed by atoms with van der Waals surface area (Å²) >= 11 is 1.70. The molecule has 0 spiro atoms. The minimum atomic E-state index is -0.383. The highest BCUT2D eigenvalue weighted by molar-refractivity contribution is 7.09. The molecule has 3 aromatic rings. The predicted octanol–water partition coefficient (Wildman–Crippen LogP) is 1.65. The first kappa shape index (κ1) is 15.8. The second-order valence-corrected chi connectivity index (χ2v) is 6.86. The topological polar surface area (TPSA) is 75.9 Å². The quantitative estimate of drug-likeness (QED) is 0.754. The molecule has 0 saturated carbocycles. The molecule has 3 aromatic heterocycles. The minimum absolute atomic E-state index is 0.0258. The first-order valence-corrected chi connectivity index (χ1v) is 9.03. The molecule has 4 rings (SSSR count). The van der Waals surface area contributed by atoms with Crippen LogP contribution >= 0.6 is 11.3 Å². The molecule has 1 aliphatic heterocycles. The standard InChI is InChI=1S/C17H18N6OS/c24-16(18-8-5-14-3-1-10-25-14)15-12-22(17-19-6-2-7-20-17)11-13-4-9-21-23(13)15/h1-4,6-7,9-10,15H,5,8,11-12H2,(H,18,24)/t15-/m1/s1. The zero-order chi connectivity index (χ0) is 17.1. The number of fused-ring (bicyclic) bond motifs is 1. The van der Waals surface area contributed by atoms with Crippen molar-refractivity contribution in [3.05, 3.63) is 58.8 Å². The smallest absolute Gasteiger partial charge is 0.246 e. The van der Waals surface area contributed by atoms with E-state index in [2.05, 4.69) is 26.4 Å². The summed E-state index contributed by atoms with van der Waals surface area (Å²) < 4.78 is 1.81. The number of amides is 1. The van der Waals surface area contributed by atoms with E-state index < -0.39 is 0 Å². The lowest BCUT2D eigenvalue weighted by Gasteiger charge is -2.33. The average molecular weight is 354 g/mol. The molecule has 8 heteroatoms. The van der Waals surface area contributed by atoms with Crippen LogP contribution in [0.1, 0.15) is 16.6 Å². The van der Waals surface area contributed by atoms with E-state index in [-0.39, 0.29) is 11.9 Å². The fraction of sp³-hybridized carbons (Fsp3) is 0.294. The molecule has 1 aliphatic rings. The molecule has 1 N–H and O–H groups in total. The van der Waals surface area contributed by atoms with Crippen molar-refractivity contribution in [3.63, 3.8) is 0 Å². The Balaban J connectivity index is 1.47. The fourth-order valence-corrected chi connectivity index (χ4v) is 3.69. The number of carbonyl (C=O) groups excluding carboxylic acids is 1.